The van der Waals surface area contributed by atoms with E-state index in [9.17, 15) is 4.79 Å². The third-order valence-electron chi connectivity index (χ3n) is 4.67. The molecule has 0 aromatic carbocycles. The summed E-state index contributed by atoms with van der Waals surface area (Å²) in [7, 11) is 0. The molecule has 3 heterocycles. The van der Waals surface area contributed by atoms with Crippen molar-refractivity contribution in [3.8, 4) is 0 Å². The second kappa shape index (κ2) is 5.47. The standard InChI is InChI=1S/C18H20N4O2/c1-3-24-17(23)13-8-19-22(9-13)12-15-11-21-10-14(18(2)6-7-18)4-5-16(21)20-15/h4-5,8-11H,3,6-7,12H2,1-2H3. The molecule has 1 fully saturated rings. The second-order valence-corrected chi connectivity index (χ2v) is 6.62. The third kappa shape index (κ3) is 2.68. The number of pyridine rings is 1. The maximum absolute atomic E-state index is 11.7. The number of aromatic nitrogens is 4. The lowest BCUT2D eigenvalue weighted by Crippen LogP contribution is -2.04. The molecule has 6 heteroatoms. The van der Waals surface area contributed by atoms with Gasteiger partial charge in [-0.25, -0.2) is 9.78 Å². The molecule has 0 radical (unpaired) electrons. The number of hydrogen-bond acceptors (Lipinski definition) is 4. The fraction of sp³-hybridized carbons (Fsp3) is 0.389. The number of nitrogens with zero attached hydrogens (tertiary/aromatic N) is 4. The summed E-state index contributed by atoms with van der Waals surface area (Å²) >= 11 is 0. The van der Waals surface area contributed by atoms with Crippen LogP contribution in [-0.2, 0) is 16.7 Å². The number of esters is 1. The normalized spacial score (nSPS) is 15.6. The van der Waals surface area contributed by atoms with Crippen LogP contribution in [0.4, 0.5) is 0 Å². The van der Waals surface area contributed by atoms with Crippen LogP contribution in [0.1, 0.15) is 48.3 Å². The molecule has 1 aliphatic carbocycles. The lowest BCUT2D eigenvalue weighted by Gasteiger charge is -2.08. The van der Waals surface area contributed by atoms with Crippen molar-refractivity contribution in [3.05, 3.63) is 53.7 Å². The predicted molar refractivity (Wildman–Crippen MR) is 89.1 cm³/mol. The Morgan fingerprint density at radius 3 is 2.88 bits per heavy atom. The van der Waals surface area contributed by atoms with Gasteiger partial charge in [0.2, 0.25) is 0 Å². The number of imidazole rings is 1. The van der Waals surface area contributed by atoms with Crippen LogP contribution >= 0.6 is 0 Å². The van der Waals surface area contributed by atoms with Crippen LogP contribution in [0.25, 0.3) is 5.65 Å². The molecule has 3 aromatic heterocycles. The fourth-order valence-corrected chi connectivity index (χ4v) is 2.89. The predicted octanol–water partition coefficient (Wildman–Crippen LogP) is 2.81. The largest absolute Gasteiger partial charge is 0.462 e. The zero-order valence-electron chi connectivity index (χ0n) is 13.9. The smallest absolute Gasteiger partial charge is 0.341 e. The molecule has 4 rings (SSSR count). The van der Waals surface area contributed by atoms with Crippen LogP contribution in [0.2, 0.25) is 0 Å². The first-order chi connectivity index (χ1) is 11.6. The van der Waals surface area contributed by atoms with Gasteiger partial charge in [-0.2, -0.15) is 5.10 Å². The molecule has 1 saturated carbocycles. The number of ether oxygens (including phenoxy) is 1. The quantitative estimate of drug-likeness (QED) is 0.677. The Hall–Kier alpha value is -2.63. The van der Waals surface area contributed by atoms with Crippen LogP contribution in [0.3, 0.4) is 0 Å². The summed E-state index contributed by atoms with van der Waals surface area (Å²) in [6, 6.07) is 4.24. The number of carbonyl (C=O) groups excluding carboxylic acids is 1. The van der Waals surface area contributed by atoms with E-state index >= 15 is 0 Å². The maximum atomic E-state index is 11.7. The lowest BCUT2D eigenvalue weighted by atomic mass is 10.0. The van der Waals surface area contributed by atoms with Gasteiger partial charge in [-0.05, 0) is 36.8 Å². The second-order valence-electron chi connectivity index (χ2n) is 6.62. The van der Waals surface area contributed by atoms with Gasteiger partial charge in [-0.3, -0.25) is 4.68 Å². The minimum atomic E-state index is -0.346. The first kappa shape index (κ1) is 14.9. The molecule has 6 nitrogen and oxygen atoms in total. The molecule has 0 atom stereocenters. The highest BCUT2D eigenvalue weighted by Gasteiger charge is 2.39. The summed E-state index contributed by atoms with van der Waals surface area (Å²) in [5.41, 5.74) is 4.00. The van der Waals surface area contributed by atoms with Gasteiger partial charge in [0.1, 0.15) is 5.65 Å². The molecule has 0 N–H and O–H groups in total. The van der Waals surface area contributed by atoms with E-state index in [1.165, 1.54) is 24.6 Å². The van der Waals surface area contributed by atoms with Crippen molar-refractivity contribution < 1.29 is 9.53 Å². The highest BCUT2D eigenvalue weighted by atomic mass is 16.5. The van der Waals surface area contributed by atoms with Gasteiger partial charge >= 0.3 is 5.97 Å². The van der Waals surface area contributed by atoms with Crippen molar-refractivity contribution in [2.24, 2.45) is 0 Å². The van der Waals surface area contributed by atoms with Gasteiger partial charge in [0.15, 0.2) is 0 Å². The van der Waals surface area contributed by atoms with Crippen molar-refractivity contribution in [2.45, 2.75) is 38.6 Å². The van der Waals surface area contributed by atoms with Gasteiger partial charge in [0.05, 0.1) is 30.6 Å². The van der Waals surface area contributed by atoms with Crippen LogP contribution in [0.5, 0.6) is 0 Å². The molecule has 0 unspecified atom stereocenters. The monoisotopic (exact) mass is 324 g/mol. The molecule has 3 aromatic rings. The molecule has 24 heavy (non-hydrogen) atoms. The molecular formula is C18H20N4O2. The van der Waals surface area contributed by atoms with Crippen molar-refractivity contribution in [2.75, 3.05) is 6.61 Å². The number of fused-ring (bicyclic) bond motifs is 1. The molecule has 0 saturated heterocycles. The van der Waals surface area contributed by atoms with E-state index in [0.29, 0.717) is 24.1 Å². The van der Waals surface area contributed by atoms with E-state index in [2.05, 4.69) is 39.7 Å². The van der Waals surface area contributed by atoms with Crippen LogP contribution in [0, 0.1) is 0 Å². The Morgan fingerprint density at radius 2 is 2.12 bits per heavy atom. The highest BCUT2D eigenvalue weighted by molar-refractivity contribution is 5.88. The summed E-state index contributed by atoms with van der Waals surface area (Å²) in [6.07, 6.45) is 9.93. The summed E-state index contributed by atoms with van der Waals surface area (Å²) < 4.78 is 8.76. The Balaban J connectivity index is 1.55. The first-order valence-electron chi connectivity index (χ1n) is 8.25. The lowest BCUT2D eigenvalue weighted by molar-refractivity contribution is 0.0526. The molecule has 0 aliphatic heterocycles. The van der Waals surface area contributed by atoms with E-state index in [-0.39, 0.29) is 5.97 Å². The zero-order valence-corrected chi connectivity index (χ0v) is 13.9. The van der Waals surface area contributed by atoms with E-state index in [0.717, 1.165) is 11.3 Å². The van der Waals surface area contributed by atoms with Crippen molar-refractivity contribution >= 4 is 11.6 Å². The van der Waals surface area contributed by atoms with Gasteiger partial charge in [-0.15, -0.1) is 0 Å². The average Bonchev–Trinajstić information content (AvgIpc) is 2.99. The molecule has 124 valence electrons. The Morgan fingerprint density at radius 1 is 1.29 bits per heavy atom. The SMILES string of the molecule is CCOC(=O)c1cnn(Cc2cn3cc(C4(C)CC4)ccc3n2)c1. The van der Waals surface area contributed by atoms with Crippen LogP contribution in [0.15, 0.2) is 36.9 Å². The topological polar surface area (TPSA) is 61.4 Å². The van der Waals surface area contributed by atoms with E-state index in [4.69, 9.17) is 4.74 Å². The minimum absolute atomic E-state index is 0.342. The van der Waals surface area contributed by atoms with Gasteiger partial charge in [0, 0.05) is 18.6 Å². The van der Waals surface area contributed by atoms with Crippen molar-refractivity contribution in [3.63, 3.8) is 0 Å². The van der Waals surface area contributed by atoms with Gasteiger partial charge in [0.25, 0.3) is 0 Å². The summed E-state index contributed by atoms with van der Waals surface area (Å²) in [4.78, 5) is 16.3. The third-order valence-corrected chi connectivity index (χ3v) is 4.67. The zero-order chi connectivity index (χ0) is 16.7. The fourth-order valence-electron chi connectivity index (χ4n) is 2.89. The molecule has 1 aliphatic rings. The van der Waals surface area contributed by atoms with Crippen LogP contribution < -0.4 is 0 Å². The Bertz CT molecular complexity index is 905. The van der Waals surface area contributed by atoms with Gasteiger partial charge in [-0.1, -0.05) is 13.0 Å². The number of hydrogen-bond donors (Lipinski definition) is 0. The summed E-state index contributed by atoms with van der Waals surface area (Å²) in [5.74, 6) is -0.346. The van der Waals surface area contributed by atoms with E-state index in [1.807, 2.05) is 6.20 Å². The Labute approximate surface area is 140 Å². The molecule has 0 spiro atoms. The highest BCUT2D eigenvalue weighted by Crippen LogP contribution is 2.47. The van der Waals surface area contributed by atoms with E-state index in [1.54, 1.807) is 17.8 Å². The number of carbonyl (C=O) groups is 1. The summed E-state index contributed by atoms with van der Waals surface area (Å²) in [6.45, 7) is 4.97. The van der Waals surface area contributed by atoms with Crippen molar-refractivity contribution in [1.29, 1.82) is 0 Å². The summed E-state index contributed by atoms with van der Waals surface area (Å²) in [5, 5.41) is 4.22. The number of rotatable bonds is 5. The van der Waals surface area contributed by atoms with Crippen LogP contribution in [-0.4, -0.2) is 31.7 Å². The molecule has 0 bridgehead atoms. The van der Waals surface area contributed by atoms with Crippen molar-refractivity contribution in [1.82, 2.24) is 19.2 Å². The van der Waals surface area contributed by atoms with Gasteiger partial charge < -0.3 is 9.14 Å². The maximum Gasteiger partial charge on any atom is 0.341 e. The Kier molecular flexibility index (Phi) is 3.40. The molecule has 0 amide bonds. The first-order valence-corrected chi connectivity index (χ1v) is 8.25. The molecular weight excluding hydrogens is 304 g/mol. The average molecular weight is 324 g/mol. The van der Waals surface area contributed by atoms with E-state index < -0.39 is 0 Å². The minimum Gasteiger partial charge on any atom is -0.462 e.